The highest BCUT2D eigenvalue weighted by atomic mass is 16.6. The van der Waals surface area contributed by atoms with Crippen molar-refractivity contribution >= 4 is 30.1 Å². The Labute approximate surface area is 272 Å². The number of para-hydroxylation sites is 2. The summed E-state index contributed by atoms with van der Waals surface area (Å²) in [4.78, 5) is 59.9. The monoisotopic (exact) mass is 656 g/mol. The van der Waals surface area contributed by atoms with Crippen molar-refractivity contribution in [2.45, 2.75) is 26.4 Å². The van der Waals surface area contributed by atoms with Crippen molar-refractivity contribution in [3.05, 3.63) is 84.5 Å². The Morgan fingerprint density at radius 2 is 1.26 bits per heavy atom. The molecule has 2 N–H and O–H groups in total. The molecule has 0 aromatic heterocycles. The van der Waals surface area contributed by atoms with E-state index in [1.807, 2.05) is 6.07 Å². The minimum atomic E-state index is -0.994. The molecule has 14 heteroatoms. The molecule has 0 spiro atoms. The minimum Gasteiger partial charge on any atom is -0.493 e. The number of alkyl carbamates (subject to hydrolysis) is 2. The van der Waals surface area contributed by atoms with Gasteiger partial charge < -0.3 is 43.8 Å². The summed E-state index contributed by atoms with van der Waals surface area (Å²) >= 11 is 0. The smallest absolute Gasteiger partial charge is 0.407 e. The van der Waals surface area contributed by atoms with Crippen LogP contribution in [0.5, 0.6) is 11.5 Å². The average molecular weight is 657 g/mol. The van der Waals surface area contributed by atoms with Gasteiger partial charge in [-0.3, -0.25) is 0 Å². The number of esters is 3. The molecule has 0 aliphatic heterocycles. The normalized spacial score (nSPS) is 10.8. The second kappa shape index (κ2) is 21.2. The third-order valence-electron chi connectivity index (χ3n) is 5.65. The fraction of sp³-hybridized carbons (Fsp3) is 0.364. The van der Waals surface area contributed by atoms with Gasteiger partial charge in [0, 0.05) is 17.6 Å². The quantitative estimate of drug-likeness (QED) is 0.0916. The highest BCUT2D eigenvalue weighted by Gasteiger charge is 2.21. The predicted molar refractivity (Wildman–Crippen MR) is 168 cm³/mol. The standard InChI is InChI=1S/C33H40N2O12/c1-23(2)29(36)42-19-15-34-32(39)44-18-10-17-41-28-14-9-8-13-27(28)31(38)46-22-26(21-45-25-11-6-5-7-12-25)47-33(40)35-16-20-43-30(37)24(3)4/h5-9,11-14,26H,1,3,10,15-22H2,2,4H3,(H,34,39)(H,35,40). The number of carbonyl (C=O) groups is 5. The Morgan fingerprint density at radius 1 is 0.660 bits per heavy atom. The number of carbonyl (C=O) groups excluding carboxylic acids is 5. The van der Waals surface area contributed by atoms with Crippen LogP contribution in [-0.4, -0.2) is 88.9 Å². The van der Waals surface area contributed by atoms with Gasteiger partial charge in [-0.25, -0.2) is 24.0 Å². The average Bonchev–Trinajstić information content (AvgIpc) is 3.06. The van der Waals surface area contributed by atoms with E-state index in [1.54, 1.807) is 42.5 Å². The molecule has 47 heavy (non-hydrogen) atoms. The zero-order valence-electron chi connectivity index (χ0n) is 26.5. The summed E-state index contributed by atoms with van der Waals surface area (Å²) in [6, 6.07) is 15.2. The Hall–Kier alpha value is -5.53. The van der Waals surface area contributed by atoms with E-state index in [1.165, 1.54) is 19.9 Å². The van der Waals surface area contributed by atoms with Crippen molar-refractivity contribution in [3.63, 3.8) is 0 Å². The maximum absolute atomic E-state index is 13.0. The molecule has 14 nitrogen and oxygen atoms in total. The Balaban J connectivity index is 1.82. The number of nitrogens with one attached hydrogen (secondary N) is 2. The molecule has 0 bridgehead atoms. The van der Waals surface area contributed by atoms with E-state index < -0.39 is 36.2 Å². The Kier molecular flexibility index (Phi) is 17.0. The number of benzene rings is 2. The molecule has 0 heterocycles. The number of ether oxygens (including phenoxy) is 7. The maximum Gasteiger partial charge on any atom is 0.407 e. The third-order valence-corrected chi connectivity index (χ3v) is 5.65. The molecular weight excluding hydrogens is 616 g/mol. The van der Waals surface area contributed by atoms with E-state index in [9.17, 15) is 24.0 Å². The van der Waals surface area contributed by atoms with Crippen molar-refractivity contribution in [3.8, 4) is 11.5 Å². The van der Waals surface area contributed by atoms with Gasteiger partial charge in [0.1, 0.15) is 43.5 Å². The van der Waals surface area contributed by atoms with E-state index >= 15 is 0 Å². The molecule has 0 radical (unpaired) electrons. The molecule has 0 saturated carbocycles. The molecule has 1 atom stereocenters. The molecule has 254 valence electrons. The number of amides is 2. The van der Waals surface area contributed by atoms with Crippen LogP contribution < -0.4 is 20.1 Å². The lowest BCUT2D eigenvalue weighted by Gasteiger charge is -2.19. The summed E-state index contributed by atoms with van der Waals surface area (Å²) in [6.45, 7) is 9.59. The van der Waals surface area contributed by atoms with Crippen molar-refractivity contribution in [1.29, 1.82) is 0 Å². The highest BCUT2D eigenvalue weighted by molar-refractivity contribution is 5.92. The highest BCUT2D eigenvalue weighted by Crippen LogP contribution is 2.20. The molecule has 2 amide bonds. The van der Waals surface area contributed by atoms with E-state index in [0.717, 1.165) is 0 Å². The van der Waals surface area contributed by atoms with Gasteiger partial charge in [-0.05, 0) is 38.1 Å². The van der Waals surface area contributed by atoms with Gasteiger partial charge in [-0.2, -0.15) is 0 Å². The first-order chi connectivity index (χ1) is 22.6. The van der Waals surface area contributed by atoms with Gasteiger partial charge in [0.15, 0.2) is 6.10 Å². The largest absolute Gasteiger partial charge is 0.493 e. The van der Waals surface area contributed by atoms with Crippen LogP contribution in [0.25, 0.3) is 0 Å². The summed E-state index contributed by atoms with van der Waals surface area (Å²) in [5.74, 6) is -1.11. The van der Waals surface area contributed by atoms with Crippen molar-refractivity contribution in [1.82, 2.24) is 10.6 Å². The van der Waals surface area contributed by atoms with Crippen molar-refractivity contribution < 1.29 is 57.1 Å². The zero-order valence-corrected chi connectivity index (χ0v) is 26.5. The lowest BCUT2D eigenvalue weighted by Crippen LogP contribution is -2.37. The lowest BCUT2D eigenvalue weighted by molar-refractivity contribution is -0.139. The van der Waals surface area contributed by atoms with Gasteiger partial charge >= 0.3 is 30.1 Å². The van der Waals surface area contributed by atoms with Gasteiger partial charge in [0.2, 0.25) is 0 Å². The fourth-order valence-electron chi connectivity index (χ4n) is 3.32. The number of hydrogen-bond donors (Lipinski definition) is 2. The lowest BCUT2D eigenvalue weighted by atomic mass is 10.2. The van der Waals surface area contributed by atoms with Gasteiger partial charge in [-0.1, -0.05) is 43.5 Å². The van der Waals surface area contributed by atoms with Crippen LogP contribution in [0.15, 0.2) is 78.9 Å². The van der Waals surface area contributed by atoms with Gasteiger partial charge in [0.05, 0.1) is 26.3 Å². The molecule has 2 rings (SSSR count). The topological polar surface area (TPSA) is 174 Å². The van der Waals surface area contributed by atoms with Crippen LogP contribution in [-0.2, 0) is 33.3 Å². The molecule has 0 aliphatic rings. The Bertz CT molecular complexity index is 1360. The number of hydrogen-bond acceptors (Lipinski definition) is 12. The number of rotatable bonds is 20. The second-order valence-corrected chi connectivity index (χ2v) is 9.77. The van der Waals surface area contributed by atoms with E-state index in [2.05, 4.69) is 23.8 Å². The summed E-state index contributed by atoms with van der Waals surface area (Å²) in [5, 5.41) is 4.90. The van der Waals surface area contributed by atoms with Crippen LogP contribution in [0.1, 0.15) is 30.6 Å². The van der Waals surface area contributed by atoms with E-state index in [-0.39, 0.29) is 75.2 Å². The molecule has 0 saturated heterocycles. The fourth-order valence-corrected chi connectivity index (χ4v) is 3.32. The first-order valence-corrected chi connectivity index (χ1v) is 14.6. The van der Waals surface area contributed by atoms with Crippen LogP contribution in [0.3, 0.4) is 0 Å². The summed E-state index contributed by atoms with van der Waals surface area (Å²) in [6.07, 6.45) is -2.20. The summed E-state index contributed by atoms with van der Waals surface area (Å²) in [5.41, 5.74) is 0.612. The van der Waals surface area contributed by atoms with E-state index in [0.29, 0.717) is 12.2 Å². The molecule has 0 fully saturated rings. The van der Waals surface area contributed by atoms with Crippen molar-refractivity contribution in [2.75, 3.05) is 52.7 Å². The molecule has 0 aliphatic carbocycles. The molecule has 2 aromatic carbocycles. The van der Waals surface area contributed by atoms with Crippen LogP contribution in [0.2, 0.25) is 0 Å². The predicted octanol–water partition coefficient (Wildman–Crippen LogP) is 3.75. The maximum atomic E-state index is 13.0. The first-order valence-electron chi connectivity index (χ1n) is 14.6. The summed E-state index contributed by atoms with van der Waals surface area (Å²) < 4.78 is 37.1. The van der Waals surface area contributed by atoms with Gasteiger partial charge in [-0.15, -0.1) is 0 Å². The van der Waals surface area contributed by atoms with Gasteiger partial charge in [0.25, 0.3) is 0 Å². The molecule has 2 aromatic rings. The first kappa shape index (κ1) is 37.7. The Morgan fingerprint density at radius 3 is 1.89 bits per heavy atom. The summed E-state index contributed by atoms with van der Waals surface area (Å²) in [7, 11) is 0. The second-order valence-electron chi connectivity index (χ2n) is 9.77. The van der Waals surface area contributed by atoms with Crippen LogP contribution >= 0.6 is 0 Å². The SMILES string of the molecule is C=C(C)C(=O)OCCNC(=O)OCCCOc1ccccc1C(=O)OCC(COc1ccccc1)OC(=O)NCCOC(=O)C(=C)C. The van der Waals surface area contributed by atoms with Crippen LogP contribution in [0.4, 0.5) is 9.59 Å². The zero-order chi connectivity index (χ0) is 34.4. The van der Waals surface area contributed by atoms with Crippen molar-refractivity contribution in [2.24, 2.45) is 0 Å². The van der Waals surface area contributed by atoms with Crippen LogP contribution in [0, 0.1) is 0 Å². The molecular formula is C33H40N2O12. The third kappa shape index (κ3) is 15.9. The minimum absolute atomic E-state index is 0.0166. The molecule has 1 unspecified atom stereocenters. The van der Waals surface area contributed by atoms with E-state index in [4.69, 9.17) is 33.2 Å².